The lowest BCUT2D eigenvalue weighted by Crippen LogP contribution is -2.21. The third-order valence-electron chi connectivity index (χ3n) is 4.56. The van der Waals surface area contributed by atoms with Crippen LogP contribution >= 0.6 is 11.6 Å². The van der Waals surface area contributed by atoms with Crippen molar-refractivity contribution >= 4 is 35.0 Å². The number of amides is 2. The molecule has 1 heterocycles. The molecule has 1 fully saturated rings. The molecule has 0 aliphatic carbocycles. The number of halogens is 1. The molecule has 1 atom stereocenters. The third kappa shape index (κ3) is 4.17. The molecule has 142 valence electrons. The topological polar surface area (TPSA) is 87.7 Å². The summed E-state index contributed by atoms with van der Waals surface area (Å²) in [6.45, 7) is 5.65. The summed E-state index contributed by atoms with van der Waals surface area (Å²) >= 11 is 5.92. The highest BCUT2D eigenvalue weighted by atomic mass is 35.5. The zero-order valence-electron chi connectivity index (χ0n) is 15.3. The zero-order valence-corrected chi connectivity index (χ0v) is 16.1. The molecule has 7 heteroatoms. The second-order valence-electron chi connectivity index (χ2n) is 7.35. The number of anilines is 2. The molecule has 3 rings (SSSR count). The maximum atomic E-state index is 12.3. The van der Waals surface area contributed by atoms with E-state index in [9.17, 15) is 14.7 Å². The first-order valence-electron chi connectivity index (χ1n) is 8.52. The highest BCUT2D eigenvalue weighted by molar-refractivity contribution is 6.30. The van der Waals surface area contributed by atoms with Crippen LogP contribution in [0.1, 0.15) is 37.5 Å². The lowest BCUT2D eigenvalue weighted by molar-refractivity contribution is -0.142. The van der Waals surface area contributed by atoms with Gasteiger partial charge in [-0.05, 0) is 48.9 Å². The van der Waals surface area contributed by atoms with Crippen molar-refractivity contribution in [3.63, 3.8) is 0 Å². The number of carbonyl (C=O) groups excluding carboxylic acids is 2. The number of aryl methyl sites for hydroxylation is 1. The quantitative estimate of drug-likeness (QED) is 0.509. The van der Waals surface area contributed by atoms with Crippen molar-refractivity contribution in [3.8, 4) is 5.75 Å². The first-order valence-corrected chi connectivity index (χ1v) is 8.90. The molecule has 0 spiro atoms. The number of aromatic hydroxyl groups is 1. The Morgan fingerprint density at radius 2 is 1.96 bits per heavy atom. The molecule has 0 radical (unpaired) electrons. The van der Waals surface area contributed by atoms with Crippen LogP contribution in [0.2, 0.25) is 5.02 Å². The summed E-state index contributed by atoms with van der Waals surface area (Å²) < 4.78 is 5.39. The van der Waals surface area contributed by atoms with E-state index in [1.807, 2.05) is 20.8 Å². The number of phenols is 1. The minimum Gasteiger partial charge on any atom is -0.508 e. The van der Waals surface area contributed by atoms with E-state index in [2.05, 4.69) is 10.6 Å². The zero-order chi connectivity index (χ0) is 19.8. The van der Waals surface area contributed by atoms with E-state index in [-0.39, 0.29) is 18.1 Å². The standard InChI is InChI=1S/C20H21ClN2O4/c1-11-8-12(21)4-6-15(11)23-19(26)22-13-5-7-16(24)14(9-13)18-20(2,3)10-17(25)27-18/h4-9,18,24H,10H2,1-3H3,(H2,22,23,26). The Morgan fingerprint density at radius 3 is 2.59 bits per heavy atom. The van der Waals surface area contributed by atoms with E-state index in [4.69, 9.17) is 16.3 Å². The first-order chi connectivity index (χ1) is 12.7. The maximum Gasteiger partial charge on any atom is 0.323 e. The Kier molecular flexibility index (Phi) is 5.02. The SMILES string of the molecule is Cc1cc(Cl)ccc1NC(=O)Nc1ccc(O)c(C2OC(=O)CC2(C)C)c1. The average molecular weight is 389 g/mol. The van der Waals surface area contributed by atoms with Crippen molar-refractivity contribution in [2.24, 2.45) is 5.41 Å². The van der Waals surface area contributed by atoms with Crippen LogP contribution in [-0.4, -0.2) is 17.1 Å². The van der Waals surface area contributed by atoms with Crippen LogP contribution in [0.4, 0.5) is 16.2 Å². The normalized spacial score (nSPS) is 18.1. The van der Waals surface area contributed by atoms with Crippen LogP contribution in [0.5, 0.6) is 5.75 Å². The first kappa shape index (κ1) is 19.0. The van der Waals surface area contributed by atoms with Gasteiger partial charge in [0.25, 0.3) is 0 Å². The molecular weight excluding hydrogens is 368 g/mol. The molecule has 1 aliphatic heterocycles. The Labute approximate surface area is 162 Å². The second-order valence-corrected chi connectivity index (χ2v) is 7.78. The molecule has 0 bridgehead atoms. The molecule has 0 saturated carbocycles. The van der Waals surface area contributed by atoms with Crippen molar-refractivity contribution < 1.29 is 19.4 Å². The van der Waals surface area contributed by atoms with Gasteiger partial charge >= 0.3 is 12.0 Å². The van der Waals surface area contributed by atoms with Gasteiger partial charge in [0.2, 0.25) is 0 Å². The third-order valence-corrected chi connectivity index (χ3v) is 4.80. The molecule has 0 aromatic heterocycles. The molecular formula is C20H21ClN2O4. The molecule has 1 aliphatic rings. The van der Waals surface area contributed by atoms with Crippen molar-refractivity contribution in [3.05, 3.63) is 52.5 Å². The van der Waals surface area contributed by atoms with Gasteiger partial charge in [0, 0.05) is 27.4 Å². The molecule has 27 heavy (non-hydrogen) atoms. The van der Waals surface area contributed by atoms with E-state index in [0.29, 0.717) is 22.0 Å². The molecule has 1 unspecified atom stereocenters. The summed E-state index contributed by atoms with van der Waals surface area (Å²) in [4.78, 5) is 24.0. The number of benzene rings is 2. The van der Waals surface area contributed by atoms with Gasteiger partial charge in [-0.25, -0.2) is 4.79 Å². The summed E-state index contributed by atoms with van der Waals surface area (Å²) in [6.07, 6.45) is -0.307. The van der Waals surface area contributed by atoms with E-state index in [1.165, 1.54) is 6.07 Å². The number of nitrogens with one attached hydrogen (secondary N) is 2. The maximum absolute atomic E-state index is 12.3. The van der Waals surface area contributed by atoms with Crippen LogP contribution in [0, 0.1) is 12.3 Å². The van der Waals surface area contributed by atoms with Crippen molar-refractivity contribution in [2.75, 3.05) is 10.6 Å². The average Bonchev–Trinajstić information content (AvgIpc) is 2.84. The van der Waals surface area contributed by atoms with Crippen LogP contribution < -0.4 is 10.6 Å². The molecule has 2 amide bonds. The molecule has 6 nitrogen and oxygen atoms in total. The number of rotatable bonds is 3. The summed E-state index contributed by atoms with van der Waals surface area (Å²) in [5, 5.41) is 16.3. The number of hydrogen-bond acceptors (Lipinski definition) is 4. The highest BCUT2D eigenvalue weighted by Crippen LogP contribution is 2.48. The van der Waals surface area contributed by atoms with Crippen molar-refractivity contribution in [1.29, 1.82) is 0 Å². The molecule has 2 aromatic carbocycles. The molecule has 2 aromatic rings. The number of esters is 1. The smallest absolute Gasteiger partial charge is 0.323 e. The summed E-state index contributed by atoms with van der Waals surface area (Å²) in [5.41, 5.74) is 1.97. The fourth-order valence-corrected chi connectivity index (χ4v) is 3.40. The van der Waals surface area contributed by atoms with Crippen LogP contribution in [0.25, 0.3) is 0 Å². The number of phenolic OH excluding ortho intramolecular Hbond substituents is 1. The van der Waals surface area contributed by atoms with Gasteiger partial charge in [0.05, 0.1) is 6.42 Å². The predicted octanol–water partition coefficient (Wildman–Crippen LogP) is 5.01. The monoisotopic (exact) mass is 388 g/mol. The summed E-state index contributed by atoms with van der Waals surface area (Å²) in [7, 11) is 0. The largest absolute Gasteiger partial charge is 0.508 e. The lowest BCUT2D eigenvalue weighted by atomic mass is 9.81. The highest BCUT2D eigenvalue weighted by Gasteiger charge is 2.43. The van der Waals surface area contributed by atoms with Gasteiger partial charge in [0.15, 0.2) is 0 Å². The minimum absolute atomic E-state index is 0.0160. The fraction of sp³-hybridized carbons (Fsp3) is 0.300. The second kappa shape index (κ2) is 7.12. The van der Waals surface area contributed by atoms with Gasteiger partial charge in [-0.1, -0.05) is 25.4 Å². The summed E-state index contributed by atoms with van der Waals surface area (Å²) in [5.74, 6) is -0.291. The number of urea groups is 1. The van der Waals surface area contributed by atoms with Crippen LogP contribution in [0.3, 0.4) is 0 Å². The van der Waals surface area contributed by atoms with Gasteiger partial charge in [-0.3, -0.25) is 4.79 Å². The van der Waals surface area contributed by atoms with Crippen molar-refractivity contribution in [2.45, 2.75) is 33.3 Å². The van der Waals surface area contributed by atoms with Crippen LogP contribution in [-0.2, 0) is 9.53 Å². The van der Waals surface area contributed by atoms with Gasteiger partial charge in [-0.2, -0.15) is 0 Å². The molecule has 3 N–H and O–H groups in total. The van der Waals surface area contributed by atoms with Crippen LogP contribution in [0.15, 0.2) is 36.4 Å². The van der Waals surface area contributed by atoms with Crippen molar-refractivity contribution in [1.82, 2.24) is 0 Å². The number of hydrogen-bond donors (Lipinski definition) is 3. The summed E-state index contributed by atoms with van der Waals surface area (Å²) in [6, 6.07) is 9.41. The Balaban J connectivity index is 1.78. The van der Waals surface area contributed by atoms with E-state index < -0.39 is 17.6 Å². The number of cyclic esters (lactones) is 1. The predicted molar refractivity (Wildman–Crippen MR) is 104 cm³/mol. The Bertz CT molecular complexity index is 911. The Morgan fingerprint density at radius 1 is 1.22 bits per heavy atom. The number of carbonyl (C=O) groups is 2. The van der Waals surface area contributed by atoms with E-state index >= 15 is 0 Å². The molecule has 1 saturated heterocycles. The van der Waals surface area contributed by atoms with E-state index in [1.54, 1.807) is 30.3 Å². The Hall–Kier alpha value is -2.73. The number of ether oxygens (including phenoxy) is 1. The minimum atomic E-state index is -0.576. The van der Waals surface area contributed by atoms with Gasteiger partial charge in [0.1, 0.15) is 11.9 Å². The van der Waals surface area contributed by atoms with Gasteiger partial charge in [-0.15, -0.1) is 0 Å². The fourth-order valence-electron chi connectivity index (χ4n) is 3.18. The lowest BCUT2D eigenvalue weighted by Gasteiger charge is -2.25. The van der Waals surface area contributed by atoms with E-state index in [0.717, 1.165) is 5.56 Å². The van der Waals surface area contributed by atoms with Gasteiger partial charge < -0.3 is 20.5 Å².